The number of hydrogen-bond acceptors (Lipinski definition) is 6. The zero-order valence-corrected chi connectivity index (χ0v) is 16.6. The third-order valence-corrected chi connectivity index (χ3v) is 4.99. The van der Waals surface area contributed by atoms with Crippen molar-refractivity contribution in [2.24, 2.45) is 0 Å². The lowest BCUT2D eigenvalue weighted by Gasteiger charge is -2.30. The molecule has 1 aliphatic rings. The van der Waals surface area contributed by atoms with Crippen LogP contribution in [-0.4, -0.2) is 70.5 Å². The van der Waals surface area contributed by atoms with E-state index >= 15 is 0 Å². The van der Waals surface area contributed by atoms with Crippen LogP contribution in [0.15, 0.2) is 48.8 Å². The van der Waals surface area contributed by atoms with E-state index in [0.717, 1.165) is 44.8 Å². The van der Waals surface area contributed by atoms with Gasteiger partial charge in [-0.2, -0.15) is 0 Å². The Morgan fingerprint density at radius 2 is 1.93 bits per heavy atom. The van der Waals surface area contributed by atoms with Crippen LogP contribution in [0.1, 0.15) is 24.0 Å². The molecule has 3 rings (SSSR count). The van der Waals surface area contributed by atoms with Gasteiger partial charge in [0.15, 0.2) is 0 Å². The number of ether oxygens (including phenoxy) is 1. The number of β-amino-alcohol motifs (C(OH)–C–C–N with tert-alkyl or cyclic N) is 1. The number of aliphatic hydroxyl groups is 2. The Kier molecular flexibility index (Phi) is 7.80. The zero-order valence-electron chi connectivity index (χ0n) is 16.6. The minimum absolute atomic E-state index is 0.191. The molecule has 0 amide bonds. The van der Waals surface area contributed by atoms with E-state index in [0.29, 0.717) is 6.54 Å². The summed E-state index contributed by atoms with van der Waals surface area (Å²) in [7, 11) is 2.08. The van der Waals surface area contributed by atoms with Crippen LogP contribution in [0, 0.1) is 0 Å². The lowest BCUT2D eigenvalue weighted by Crippen LogP contribution is -2.41. The largest absolute Gasteiger partial charge is 0.491 e. The molecule has 6 nitrogen and oxygen atoms in total. The Hall–Kier alpha value is -1.99. The summed E-state index contributed by atoms with van der Waals surface area (Å²) >= 11 is 0. The molecule has 0 aliphatic carbocycles. The van der Waals surface area contributed by atoms with Crippen LogP contribution in [0.4, 0.5) is 0 Å². The number of aliphatic hydroxyl groups excluding tert-OH is 2. The van der Waals surface area contributed by atoms with Gasteiger partial charge >= 0.3 is 0 Å². The molecule has 2 aromatic rings. The fraction of sp³-hybridized carbons (Fsp3) is 0.500. The van der Waals surface area contributed by atoms with E-state index < -0.39 is 6.10 Å². The maximum atomic E-state index is 10.3. The Morgan fingerprint density at radius 1 is 1.18 bits per heavy atom. The molecule has 1 aromatic carbocycles. The van der Waals surface area contributed by atoms with Crippen molar-refractivity contribution in [3.8, 4) is 5.75 Å². The minimum atomic E-state index is -0.535. The molecule has 2 N–H and O–H groups in total. The van der Waals surface area contributed by atoms with Gasteiger partial charge in [-0.05, 0) is 49.2 Å². The number of hydrogen-bond donors (Lipinski definition) is 2. The van der Waals surface area contributed by atoms with Crippen molar-refractivity contribution in [2.45, 2.75) is 38.1 Å². The average Bonchev–Trinajstić information content (AvgIpc) is 2.69. The van der Waals surface area contributed by atoms with Crippen molar-refractivity contribution in [3.05, 3.63) is 59.9 Å². The Bertz CT molecular complexity index is 705. The molecule has 28 heavy (non-hydrogen) atoms. The number of pyridine rings is 1. The van der Waals surface area contributed by atoms with E-state index in [-0.39, 0.29) is 12.7 Å². The highest BCUT2D eigenvalue weighted by Gasteiger charge is 2.19. The molecular formula is C22H31N3O3. The van der Waals surface area contributed by atoms with Gasteiger partial charge in [0.05, 0.1) is 6.10 Å². The third-order valence-electron chi connectivity index (χ3n) is 4.99. The van der Waals surface area contributed by atoms with Crippen LogP contribution in [0.25, 0.3) is 0 Å². The van der Waals surface area contributed by atoms with Gasteiger partial charge in [0, 0.05) is 45.1 Å². The van der Waals surface area contributed by atoms with Crippen molar-refractivity contribution >= 4 is 0 Å². The lowest BCUT2D eigenvalue weighted by molar-refractivity contribution is 0.0337. The van der Waals surface area contributed by atoms with Gasteiger partial charge in [-0.1, -0.05) is 18.2 Å². The summed E-state index contributed by atoms with van der Waals surface area (Å²) in [6.45, 7) is 4.16. The molecule has 1 fully saturated rings. The predicted molar refractivity (Wildman–Crippen MR) is 109 cm³/mol. The monoisotopic (exact) mass is 385 g/mol. The summed E-state index contributed by atoms with van der Waals surface area (Å²) in [4.78, 5) is 8.58. The SMILES string of the molecule is CN(Cc1cccnc1)Cc1cccc(OC[C@H](O)CN2CCC(O)CC2)c1. The van der Waals surface area contributed by atoms with Gasteiger partial charge in [0.25, 0.3) is 0 Å². The molecular weight excluding hydrogens is 354 g/mol. The second kappa shape index (κ2) is 10.5. The molecule has 0 radical (unpaired) electrons. The van der Waals surface area contributed by atoms with E-state index in [2.05, 4.69) is 34.0 Å². The molecule has 0 unspecified atom stereocenters. The molecule has 2 heterocycles. The molecule has 1 atom stereocenters. The second-order valence-electron chi connectivity index (χ2n) is 7.68. The first-order chi connectivity index (χ1) is 13.6. The van der Waals surface area contributed by atoms with Gasteiger partial charge in [0.2, 0.25) is 0 Å². The highest BCUT2D eigenvalue weighted by atomic mass is 16.5. The van der Waals surface area contributed by atoms with E-state index in [4.69, 9.17) is 4.74 Å². The predicted octanol–water partition coefficient (Wildman–Crippen LogP) is 1.91. The van der Waals surface area contributed by atoms with Crippen LogP contribution in [0.3, 0.4) is 0 Å². The van der Waals surface area contributed by atoms with E-state index in [1.165, 1.54) is 11.1 Å². The van der Waals surface area contributed by atoms with Crippen molar-refractivity contribution in [1.29, 1.82) is 0 Å². The first-order valence-corrected chi connectivity index (χ1v) is 9.96. The fourth-order valence-corrected chi connectivity index (χ4v) is 3.55. The first kappa shape index (κ1) is 20.7. The fourth-order valence-electron chi connectivity index (χ4n) is 3.55. The third kappa shape index (κ3) is 6.87. The van der Waals surface area contributed by atoms with E-state index in [1.54, 1.807) is 6.20 Å². The smallest absolute Gasteiger partial charge is 0.119 e. The maximum absolute atomic E-state index is 10.3. The van der Waals surface area contributed by atoms with Crippen LogP contribution >= 0.6 is 0 Å². The molecule has 0 bridgehead atoms. The quantitative estimate of drug-likeness (QED) is 0.687. The molecule has 0 saturated carbocycles. The minimum Gasteiger partial charge on any atom is -0.491 e. The first-order valence-electron chi connectivity index (χ1n) is 9.96. The summed E-state index contributed by atoms with van der Waals surface area (Å²) in [5.41, 5.74) is 2.36. The molecule has 1 aliphatic heterocycles. The number of likely N-dealkylation sites (tertiary alicyclic amines) is 1. The van der Waals surface area contributed by atoms with Crippen LogP contribution in [0.5, 0.6) is 5.75 Å². The summed E-state index contributed by atoms with van der Waals surface area (Å²) in [6, 6.07) is 12.1. The van der Waals surface area contributed by atoms with E-state index in [1.807, 2.05) is 30.5 Å². The number of nitrogens with zero attached hydrogens (tertiary/aromatic N) is 3. The average molecular weight is 386 g/mol. The lowest BCUT2D eigenvalue weighted by atomic mass is 10.1. The van der Waals surface area contributed by atoms with Crippen molar-refractivity contribution in [3.63, 3.8) is 0 Å². The van der Waals surface area contributed by atoms with Gasteiger partial charge in [-0.25, -0.2) is 0 Å². The summed E-state index contributed by atoms with van der Waals surface area (Å²) in [5, 5.41) is 19.8. The van der Waals surface area contributed by atoms with E-state index in [9.17, 15) is 10.2 Å². The number of benzene rings is 1. The summed E-state index contributed by atoms with van der Waals surface area (Å²) < 4.78 is 5.82. The topological polar surface area (TPSA) is 69.1 Å². The maximum Gasteiger partial charge on any atom is 0.119 e. The number of piperidine rings is 1. The number of aromatic nitrogens is 1. The van der Waals surface area contributed by atoms with Crippen molar-refractivity contribution in [2.75, 3.05) is 33.3 Å². The second-order valence-corrected chi connectivity index (χ2v) is 7.68. The highest BCUT2D eigenvalue weighted by Crippen LogP contribution is 2.16. The molecule has 0 spiro atoms. The standard InChI is InChI=1S/C22H31N3O3/c1-24(15-19-5-3-9-23-13-19)14-18-4-2-6-22(12-18)28-17-21(27)16-25-10-7-20(26)8-11-25/h2-6,9,12-13,20-21,26-27H,7-8,10-11,14-17H2,1H3/t21-/m1/s1. The Labute approximate surface area is 167 Å². The molecule has 152 valence electrons. The zero-order chi connectivity index (χ0) is 19.8. The molecule has 1 saturated heterocycles. The van der Waals surface area contributed by atoms with Gasteiger partial charge < -0.3 is 19.8 Å². The Morgan fingerprint density at radius 3 is 2.68 bits per heavy atom. The normalized spacial score (nSPS) is 17.0. The van der Waals surface area contributed by atoms with Gasteiger partial charge in [0.1, 0.15) is 18.5 Å². The van der Waals surface area contributed by atoms with Gasteiger partial charge in [-0.3, -0.25) is 9.88 Å². The summed E-state index contributed by atoms with van der Waals surface area (Å²) in [6.07, 6.45) is 4.51. The van der Waals surface area contributed by atoms with Crippen molar-refractivity contribution in [1.82, 2.24) is 14.8 Å². The summed E-state index contributed by atoms with van der Waals surface area (Å²) in [5.74, 6) is 0.778. The highest BCUT2D eigenvalue weighted by molar-refractivity contribution is 5.28. The van der Waals surface area contributed by atoms with Crippen LogP contribution < -0.4 is 4.74 Å². The number of rotatable bonds is 9. The molecule has 6 heteroatoms. The van der Waals surface area contributed by atoms with Gasteiger partial charge in [-0.15, -0.1) is 0 Å². The molecule has 1 aromatic heterocycles. The van der Waals surface area contributed by atoms with Crippen molar-refractivity contribution < 1.29 is 14.9 Å². The Balaban J connectivity index is 1.43. The van der Waals surface area contributed by atoms with Crippen LogP contribution in [0.2, 0.25) is 0 Å². The van der Waals surface area contributed by atoms with Crippen LogP contribution in [-0.2, 0) is 13.1 Å².